The Kier molecular flexibility index (Phi) is 2.94. The summed E-state index contributed by atoms with van der Waals surface area (Å²) in [7, 11) is 2.03. The summed E-state index contributed by atoms with van der Waals surface area (Å²) in [5.74, 6) is 1.10. The number of nitrogens with two attached hydrogens (primary N) is 1. The summed E-state index contributed by atoms with van der Waals surface area (Å²) in [4.78, 5) is 4.37. The van der Waals surface area contributed by atoms with Crippen molar-refractivity contribution in [2.45, 2.75) is 37.6 Å². The molecule has 1 aliphatic carbocycles. The minimum atomic E-state index is 0.243. The average molecular weight is 255 g/mol. The van der Waals surface area contributed by atoms with Gasteiger partial charge in [-0.15, -0.1) is 0 Å². The first-order valence-electron chi connectivity index (χ1n) is 6.93. The fraction of sp³-hybridized carbons (Fsp3) is 0.438. The van der Waals surface area contributed by atoms with Crippen molar-refractivity contribution in [3.8, 4) is 0 Å². The van der Waals surface area contributed by atoms with E-state index in [1.165, 1.54) is 24.0 Å². The van der Waals surface area contributed by atoms with E-state index in [9.17, 15) is 0 Å². The molecule has 1 heterocycles. The van der Waals surface area contributed by atoms with Crippen LogP contribution < -0.4 is 5.73 Å². The molecule has 1 aromatic heterocycles. The van der Waals surface area contributed by atoms with Crippen molar-refractivity contribution in [2.75, 3.05) is 0 Å². The molecule has 2 aromatic rings. The minimum Gasteiger partial charge on any atom is -0.338 e. The second kappa shape index (κ2) is 4.49. The first-order chi connectivity index (χ1) is 9.12. The fourth-order valence-electron chi connectivity index (χ4n) is 2.85. The Labute approximate surface area is 114 Å². The summed E-state index contributed by atoms with van der Waals surface area (Å²) < 4.78 is 2.07. The smallest absolute Gasteiger partial charge is 0.112 e. The molecule has 1 atom stereocenters. The summed E-state index contributed by atoms with van der Waals surface area (Å²) in [6.45, 7) is 2.12. The van der Waals surface area contributed by atoms with Crippen LogP contribution in [0.4, 0.5) is 0 Å². The van der Waals surface area contributed by atoms with E-state index in [-0.39, 0.29) is 11.5 Å². The van der Waals surface area contributed by atoms with Gasteiger partial charge in [0.2, 0.25) is 0 Å². The van der Waals surface area contributed by atoms with Crippen molar-refractivity contribution in [1.29, 1.82) is 0 Å². The van der Waals surface area contributed by atoms with Gasteiger partial charge in [-0.1, -0.05) is 24.3 Å². The molecule has 1 aromatic carbocycles. The number of rotatable bonds is 4. The van der Waals surface area contributed by atoms with Gasteiger partial charge in [0.25, 0.3) is 0 Å². The summed E-state index contributed by atoms with van der Waals surface area (Å²) in [5, 5.41) is 0. The second-order valence-corrected chi connectivity index (χ2v) is 5.77. The van der Waals surface area contributed by atoms with E-state index in [0.717, 1.165) is 12.2 Å². The molecule has 100 valence electrons. The Morgan fingerprint density at radius 1 is 1.32 bits per heavy atom. The van der Waals surface area contributed by atoms with Crippen LogP contribution in [0.1, 0.15) is 36.7 Å². The molecule has 0 saturated heterocycles. The molecule has 3 heteroatoms. The first-order valence-corrected chi connectivity index (χ1v) is 6.93. The van der Waals surface area contributed by atoms with Gasteiger partial charge >= 0.3 is 0 Å². The molecule has 0 radical (unpaired) electrons. The fourth-order valence-corrected chi connectivity index (χ4v) is 2.85. The largest absolute Gasteiger partial charge is 0.338 e. The van der Waals surface area contributed by atoms with Gasteiger partial charge in [0.05, 0.1) is 0 Å². The highest BCUT2D eigenvalue weighted by Gasteiger charge is 2.47. The number of aromatic nitrogens is 2. The average Bonchev–Trinajstić information content (AvgIpc) is 3.12. The monoisotopic (exact) mass is 255 g/mol. The van der Waals surface area contributed by atoms with E-state index >= 15 is 0 Å². The summed E-state index contributed by atoms with van der Waals surface area (Å²) in [6.07, 6.45) is 7.17. The lowest BCUT2D eigenvalue weighted by atomic mass is 9.89. The van der Waals surface area contributed by atoms with E-state index in [2.05, 4.69) is 40.7 Å². The third kappa shape index (κ3) is 2.19. The Bertz CT molecular complexity index is 562. The maximum absolute atomic E-state index is 6.12. The summed E-state index contributed by atoms with van der Waals surface area (Å²) in [6, 6.07) is 9.16. The van der Waals surface area contributed by atoms with Crippen LogP contribution in [-0.2, 0) is 18.9 Å². The first kappa shape index (κ1) is 12.4. The van der Waals surface area contributed by atoms with Gasteiger partial charge < -0.3 is 10.3 Å². The molecule has 0 aliphatic heterocycles. The van der Waals surface area contributed by atoms with Crippen LogP contribution in [0.15, 0.2) is 36.7 Å². The third-order valence-corrected chi connectivity index (χ3v) is 4.47. The van der Waals surface area contributed by atoms with Crippen LogP contribution in [0, 0.1) is 0 Å². The molecule has 1 saturated carbocycles. The van der Waals surface area contributed by atoms with Crippen molar-refractivity contribution < 1.29 is 0 Å². The van der Waals surface area contributed by atoms with E-state index in [4.69, 9.17) is 5.73 Å². The summed E-state index contributed by atoms with van der Waals surface area (Å²) >= 11 is 0. The summed E-state index contributed by atoms with van der Waals surface area (Å²) in [5.41, 5.74) is 9.07. The van der Waals surface area contributed by atoms with Gasteiger partial charge in [-0.25, -0.2) is 4.98 Å². The normalized spacial score (nSPS) is 18.3. The van der Waals surface area contributed by atoms with E-state index < -0.39 is 0 Å². The van der Waals surface area contributed by atoms with Gasteiger partial charge in [0, 0.05) is 37.3 Å². The predicted octanol–water partition coefficient (Wildman–Crippen LogP) is 2.39. The molecule has 0 bridgehead atoms. The molecule has 1 aliphatic rings. The molecule has 0 amide bonds. The van der Waals surface area contributed by atoms with Crippen molar-refractivity contribution in [3.05, 3.63) is 53.6 Å². The maximum Gasteiger partial charge on any atom is 0.112 e. The number of aryl methyl sites for hydroxylation is 1. The molecule has 19 heavy (non-hydrogen) atoms. The lowest BCUT2D eigenvalue weighted by molar-refractivity contribution is 0.556. The second-order valence-electron chi connectivity index (χ2n) is 5.77. The quantitative estimate of drug-likeness (QED) is 0.911. The number of hydrogen-bond donors (Lipinski definition) is 1. The molecule has 0 spiro atoms. The highest BCUT2D eigenvalue weighted by molar-refractivity contribution is 5.36. The molecule has 1 unspecified atom stereocenters. The van der Waals surface area contributed by atoms with Crippen LogP contribution in [0.25, 0.3) is 0 Å². The zero-order valence-electron chi connectivity index (χ0n) is 11.6. The Morgan fingerprint density at radius 2 is 2.00 bits per heavy atom. The highest BCUT2D eigenvalue weighted by atomic mass is 15.0. The standard InChI is InChI=1S/C16H21N3/c1-12(17)16(7-8-16)14-5-3-13(4-6-14)11-15-18-9-10-19(15)2/h3-6,9-10,12H,7-8,11,17H2,1-2H3. The number of nitrogens with zero attached hydrogens (tertiary/aromatic N) is 2. The molecule has 1 fully saturated rings. The van der Waals surface area contributed by atoms with E-state index in [1.54, 1.807) is 0 Å². The number of hydrogen-bond acceptors (Lipinski definition) is 2. The van der Waals surface area contributed by atoms with Crippen molar-refractivity contribution >= 4 is 0 Å². The van der Waals surface area contributed by atoms with Crippen molar-refractivity contribution in [2.24, 2.45) is 12.8 Å². The molecule has 3 nitrogen and oxygen atoms in total. The zero-order chi connectivity index (χ0) is 13.5. The van der Waals surface area contributed by atoms with Gasteiger partial charge in [0.15, 0.2) is 0 Å². The minimum absolute atomic E-state index is 0.243. The van der Waals surface area contributed by atoms with Crippen molar-refractivity contribution in [1.82, 2.24) is 9.55 Å². The molecular weight excluding hydrogens is 234 g/mol. The van der Waals surface area contributed by atoms with E-state index in [0.29, 0.717) is 0 Å². The number of imidazole rings is 1. The lowest BCUT2D eigenvalue weighted by Crippen LogP contribution is -2.31. The highest BCUT2D eigenvalue weighted by Crippen LogP contribution is 2.50. The molecule has 2 N–H and O–H groups in total. The van der Waals surface area contributed by atoms with Crippen LogP contribution in [0.2, 0.25) is 0 Å². The Hall–Kier alpha value is -1.61. The Balaban J connectivity index is 1.78. The molecular formula is C16H21N3. The maximum atomic E-state index is 6.12. The zero-order valence-corrected chi connectivity index (χ0v) is 11.6. The van der Waals surface area contributed by atoms with Gasteiger partial charge in [-0.05, 0) is 30.9 Å². The molecule has 3 rings (SSSR count). The predicted molar refractivity (Wildman–Crippen MR) is 77.0 cm³/mol. The van der Waals surface area contributed by atoms with E-state index in [1.807, 2.05) is 19.4 Å². The topological polar surface area (TPSA) is 43.8 Å². The third-order valence-electron chi connectivity index (χ3n) is 4.47. The van der Waals surface area contributed by atoms with Crippen LogP contribution in [-0.4, -0.2) is 15.6 Å². The van der Waals surface area contributed by atoms with Crippen LogP contribution in [0.3, 0.4) is 0 Å². The SMILES string of the molecule is CC(N)C1(c2ccc(Cc3nccn3C)cc2)CC1. The number of benzene rings is 1. The Morgan fingerprint density at radius 3 is 2.47 bits per heavy atom. The van der Waals surface area contributed by atoms with Gasteiger partial charge in [0.1, 0.15) is 5.82 Å². The van der Waals surface area contributed by atoms with Crippen molar-refractivity contribution in [3.63, 3.8) is 0 Å². The van der Waals surface area contributed by atoms with Crippen LogP contribution in [0.5, 0.6) is 0 Å². The van der Waals surface area contributed by atoms with Gasteiger partial charge in [-0.3, -0.25) is 0 Å². The van der Waals surface area contributed by atoms with Crippen LogP contribution >= 0.6 is 0 Å². The lowest BCUT2D eigenvalue weighted by Gasteiger charge is -2.20. The van der Waals surface area contributed by atoms with Gasteiger partial charge in [-0.2, -0.15) is 0 Å².